The van der Waals surface area contributed by atoms with Gasteiger partial charge in [0.25, 0.3) is 0 Å². The summed E-state index contributed by atoms with van der Waals surface area (Å²) in [4.78, 5) is 61.4. The molecule has 0 unspecified atom stereocenters. The van der Waals surface area contributed by atoms with Crippen molar-refractivity contribution in [2.24, 2.45) is 0 Å². The molecule has 0 aliphatic carbocycles. The maximum absolute atomic E-state index is 12.9. The van der Waals surface area contributed by atoms with Crippen molar-refractivity contribution in [2.45, 2.75) is 71.1 Å². The van der Waals surface area contributed by atoms with Crippen molar-refractivity contribution in [3.8, 4) is 0 Å². The number of nitrogens with one attached hydrogen (secondary N) is 2. The van der Waals surface area contributed by atoms with Crippen molar-refractivity contribution in [1.29, 1.82) is 0 Å². The molecule has 0 spiro atoms. The first-order chi connectivity index (χ1) is 18.0. The van der Waals surface area contributed by atoms with Crippen LogP contribution in [0.15, 0.2) is 60.7 Å². The van der Waals surface area contributed by atoms with Crippen LogP contribution in [0.2, 0.25) is 0 Å². The van der Waals surface area contributed by atoms with E-state index in [4.69, 9.17) is 9.47 Å². The van der Waals surface area contributed by atoms with Gasteiger partial charge in [-0.15, -0.1) is 0 Å². The van der Waals surface area contributed by atoms with Crippen molar-refractivity contribution in [3.63, 3.8) is 0 Å². The van der Waals surface area contributed by atoms with Gasteiger partial charge in [-0.3, -0.25) is 19.2 Å². The number of carbonyl (C=O) groups excluding carboxylic acids is 5. The third-order valence-electron chi connectivity index (χ3n) is 5.28. The molecule has 0 bridgehead atoms. The average molecular weight is 525 g/mol. The second kappa shape index (κ2) is 15.3. The lowest BCUT2D eigenvalue weighted by Gasteiger charge is -2.20. The zero-order chi connectivity index (χ0) is 28.0. The number of hydrogen-bond donors (Lipinski definition) is 2. The normalized spacial score (nSPS) is 11.7. The minimum atomic E-state index is -0.853. The van der Waals surface area contributed by atoms with Gasteiger partial charge in [-0.2, -0.15) is 0 Å². The summed E-state index contributed by atoms with van der Waals surface area (Å²) < 4.78 is 10.3. The Kier molecular flexibility index (Phi) is 12.2. The van der Waals surface area contributed by atoms with Gasteiger partial charge in [-0.1, -0.05) is 60.7 Å². The van der Waals surface area contributed by atoms with Crippen molar-refractivity contribution in [3.05, 3.63) is 71.8 Å². The van der Waals surface area contributed by atoms with E-state index in [1.165, 1.54) is 0 Å². The molecule has 0 aliphatic heterocycles. The van der Waals surface area contributed by atoms with Crippen LogP contribution in [-0.4, -0.2) is 47.7 Å². The smallest absolute Gasteiger partial charge is 0.407 e. The first-order valence-electron chi connectivity index (χ1n) is 12.6. The second-order valence-corrected chi connectivity index (χ2v) is 9.82. The Labute approximate surface area is 223 Å². The third-order valence-corrected chi connectivity index (χ3v) is 5.28. The van der Waals surface area contributed by atoms with Gasteiger partial charge < -0.3 is 20.1 Å². The summed E-state index contributed by atoms with van der Waals surface area (Å²) >= 11 is 0. The molecule has 2 aromatic carbocycles. The molecule has 9 heteroatoms. The van der Waals surface area contributed by atoms with E-state index in [0.29, 0.717) is 0 Å². The predicted octanol–water partition coefficient (Wildman–Crippen LogP) is 3.68. The molecule has 0 saturated heterocycles. The lowest BCUT2D eigenvalue weighted by atomic mass is 9.99. The van der Waals surface area contributed by atoms with Crippen LogP contribution in [0, 0.1) is 0 Å². The van der Waals surface area contributed by atoms with Gasteiger partial charge in [0.05, 0.1) is 19.0 Å². The molecule has 2 amide bonds. The van der Waals surface area contributed by atoms with Crippen LogP contribution in [0.3, 0.4) is 0 Å². The van der Waals surface area contributed by atoms with Crippen molar-refractivity contribution >= 4 is 29.5 Å². The number of Topliss-reactive ketones (excluding diaryl/α,β-unsaturated/α-hetero) is 2. The first kappa shape index (κ1) is 30.2. The summed E-state index contributed by atoms with van der Waals surface area (Å²) in [5.41, 5.74) is 1.01. The van der Waals surface area contributed by atoms with E-state index in [-0.39, 0.29) is 56.8 Å². The number of hydrogen-bond acceptors (Lipinski definition) is 7. The van der Waals surface area contributed by atoms with Gasteiger partial charge in [-0.05, 0) is 38.3 Å². The molecule has 0 heterocycles. The van der Waals surface area contributed by atoms with E-state index in [1.54, 1.807) is 20.8 Å². The molecule has 204 valence electrons. The van der Waals surface area contributed by atoms with Crippen LogP contribution in [-0.2, 0) is 41.7 Å². The van der Waals surface area contributed by atoms with Gasteiger partial charge in [0.2, 0.25) is 5.91 Å². The highest BCUT2D eigenvalue weighted by Gasteiger charge is 2.24. The van der Waals surface area contributed by atoms with E-state index >= 15 is 0 Å². The maximum Gasteiger partial charge on any atom is 0.407 e. The summed E-state index contributed by atoms with van der Waals surface area (Å²) in [6.07, 6.45) is -0.922. The summed E-state index contributed by atoms with van der Waals surface area (Å²) in [7, 11) is 0. The molecule has 0 fully saturated rings. The fraction of sp³-hybridized carbons (Fsp3) is 0.414. The van der Waals surface area contributed by atoms with Gasteiger partial charge in [0.1, 0.15) is 12.2 Å². The van der Waals surface area contributed by atoms with E-state index in [9.17, 15) is 24.0 Å². The fourth-order valence-electron chi connectivity index (χ4n) is 3.44. The molecule has 1 atom stereocenters. The molecule has 2 rings (SSSR count). The Bertz CT molecular complexity index is 1080. The Morgan fingerprint density at radius 1 is 0.789 bits per heavy atom. The summed E-state index contributed by atoms with van der Waals surface area (Å²) in [6, 6.07) is 17.4. The van der Waals surface area contributed by atoms with Crippen LogP contribution < -0.4 is 10.6 Å². The predicted molar refractivity (Wildman–Crippen MR) is 141 cm³/mol. The Morgan fingerprint density at radius 3 is 2.00 bits per heavy atom. The highest BCUT2D eigenvalue weighted by Crippen LogP contribution is 2.12. The Hall–Kier alpha value is -4.01. The molecule has 2 N–H and O–H groups in total. The number of ketones is 2. The molecule has 9 nitrogen and oxygen atoms in total. The average Bonchev–Trinajstić information content (AvgIpc) is 2.88. The number of benzene rings is 2. The number of esters is 1. The zero-order valence-corrected chi connectivity index (χ0v) is 22.2. The molecule has 0 aliphatic rings. The molecule has 0 radical (unpaired) electrons. The van der Waals surface area contributed by atoms with E-state index in [0.717, 1.165) is 11.1 Å². The monoisotopic (exact) mass is 524 g/mol. The highest BCUT2D eigenvalue weighted by molar-refractivity contribution is 5.92. The minimum Gasteiger partial charge on any atom is -0.460 e. The standard InChI is InChI=1S/C29H36N2O7/c1-29(2,3)38-27(35)17-15-25(33)24(18-21-10-6-4-7-11-21)31-26(34)16-14-23(32)19-30-28(36)37-20-22-12-8-5-9-13-22/h4-13,24H,14-20H2,1-3H3,(H,30,36)(H,31,34)/t24-/m0/s1. The molecular weight excluding hydrogens is 488 g/mol. The van der Waals surface area contributed by atoms with E-state index in [2.05, 4.69) is 10.6 Å². The quantitative estimate of drug-likeness (QED) is 0.361. The van der Waals surface area contributed by atoms with Crippen LogP contribution in [0.4, 0.5) is 4.79 Å². The molecule has 2 aromatic rings. The van der Waals surface area contributed by atoms with Crippen LogP contribution in [0.25, 0.3) is 0 Å². The topological polar surface area (TPSA) is 128 Å². The Morgan fingerprint density at radius 2 is 1.39 bits per heavy atom. The van der Waals surface area contributed by atoms with Gasteiger partial charge in [0.15, 0.2) is 11.6 Å². The largest absolute Gasteiger partial charge is 0.460 e. The first-order valence-corrected chi connectivity index (χ1v) is 12.6. The summed E-state index contributed by atoms with van der Waals surface area (Å²) in [6.45, 7) is 5.04. The van der Waals surface area contributed by atoms with E-state index in [1.807, 2.05) is 60.7 Å². The van der Waals surface area contributed by atoms with E-state index < -0.39 is 29.6 Å². The van der Waals surface area contributed by atoms with Gasteiger partial charge in [0, 0.05) is 19.3 Å². The molecule has 0 saturated carbocycles. The number of carbonyl (C=O) groups is 5. The maximum atomic E-state index is 12.9. The Balaban J connectivity index is 1.81. The SMILES string of the molecule is CC(C)(C)OC(=O)CCC(=O)[C@H](Cc1ccccc1)NC(=O)CCC(=O)CNC(=O)OCc1ccccc1. The van der Waals surface area contributed by atoms with Gasteiger partial charge in [-0.25, -0.2) is 4.79 Å². The zero-order valence-electron chi connectivity index (χ0n) is 22.2. The van der Waals surface area contributed by atoms with Crippen molar-refractivity contribution in [1.82, 2.24) is 10.6 Å². The van der Waals surface area contributed by atoms with Crippen LogP contribution >= 0.6 is 0 Å². The molecular formula is C29H36N2O7. The second-order valence-electron chi connectivity index (χ2n) is 9.82. The summed E-state index contributed by atoms with van der Waals surface area (Å²) in [5, 5.41) is 5.06. The minimum absolute atomic E-state index is 0.0774. The van der Waals surface area contributed by atoms with Gasteiger partial charge >= 0.3 is 12.1 Å². The van der Waals surface area contributed by atoms with Crippen LogP contribution in [0.1, 0.15) is 57.6 Å². The lowest BCUT2D eigenvalue weighted by Crippen LogP contribution is -2.43. The van der Waals surface area contributed by atoms with Crippen LogP contribution in [0.5, 0.6) is 0 Å². The lowest BCUT2D eigenvalue weighted by molar-refractivity contribution is -0.155. The third kappa shape index (κ3) is 12.8. The molecule has 38 heavy (non-hydrogen) atoms. The van der Waals surface area contributed by atoms with Crippen molar-refractivity contribution < 1.29 is 33.4 Å². The number of rotatable bonds is 14. The number of alkyl carbamates (subject to hydrolysis) is 1. The highest BCUT2D eigenvalue weighted by atomic mass is 16.6. The summed E-state index contributed by atoms with van der Waals surface area (Å²) in [5.74, 6) is -1.62. The van der Waals surface area contributed by atoms with Crippen molar-refractivity contribution in [2.75, 3.05) is 6.54 Å². The number of amides is 2. The fourth-order valence-corrected chi connectivity index (χ4v) is 3.44. The number of ether oxygens (including phenoxy) is 2. The molecule has 0 aromatic heterocycles.